The van der Waals surface area contributed by atoms with E-state index in [2.05, 4.69) is 15.0 Å². The van der Waals surface area contributed by atoms with Crippen molar-refractivity contribution in [2.24, 2.45) is 5.92 Å². The van der Waals surface area contributed by atoms with Crippen LogP contribution in [0, 0.1) is 5.92 Å². The lowest BCUT2D eigenvalue weighted by atomic mass is 10.1. The molecule has 6 nitrogen and oxygen atoms in total. The molecule has 1 rings (SSSR count). The molecule has 0 aliphatic heterocycles. The van der Waals surface area contributed by atoms with Crippen LogP contribution in [0.15, 0.2) is 23.2 Å². The van der Waals surface area contributed by atoms with Crippen LogP contribution in [0.4, 0.5) is 5.82 Å². The Morgan fingerprint density at radius 3 is 2.62 bits per heavy atom. The maximum absolute atomic E-state index is 12.4. The van der Waals surface area contributed by atoms with Gasteiger partial charge in [-0.25, -0.2) is 18.1 Å². The molecule has 120 valence electrons. The van der Waals surface area contributed by atoms with Crippen molar-refractivity contribution >= 4 is 15.8 Å². The highest BCUT2D eigenvalue weighted by Gasteiger charge is 2.23. The lowest BCUT2D eigenvalue weighted by Gasteiger charge is -2.22. The molecule has 1 aromatic heterocycles. The fourth-order valence-corrected chi connectivity index (χ4v) is 3.11. The van der Waals surface area contributed by atoms with Crippen LogP contribution < -0.4 is 10.0 Å². The average molecular weight is 315 g/mol. The molecular weight excluding hydrogens is 290 g/mol. The van der Waals surface area contributed by atoms with E-state index in [1.165, 1.54) is 18.3 Å². The van der Waals surface area contributed by atoms with Gasteiger partial charge in [-0.15, -0.1) is 0 Å². The molecule has 1 aromatic rings. The molecular formula is C14H25N3O3S. The first-order valence-electron chi connectivity index (χ1n) is 7.20. The molecule has 0 amide bonds. The Bertz CT molecular complexity index is 532. The molecule has 0 fully saturated rings. The van der Waals surface area contributed by atoms with Gasteiger partial charge in [0.05, 0.1) is 11.5 Å². The quantitative estimate of drug-likeness (QED) is 0.727. The lowest BCUT2D eigenvalue weighted by Crippen LogP contribution is -2.41. The van der Waals surface area contributed by atoms with Crippen LogP contribution in [-0.2, 0) is 14.8 Å². The summed E-state index contributed by atoms with van der Waals surface area (Å²) >= 11 is 0. The molecule has 0 spiro atoms. The Kier molecular flexibility index (Phi) is 7.07. The second-order valence-electron chi connectivity index (χ2n) is 5.04. The molecule has 0 saturated carbocycles. The first-order chi connectivity index (χ1) is 9.90. The number of pyridine rings is 1. The van der Waals surface area contributed by atoms with Crippen LogP contribution in [0.3, 0.4) is 0 Å². The van der Waals surface area contributed by atoms with Crippen molar-refractivity contribution in [3.8, 4) is 0 Å². The summed E-state index contributed by atoms with van der Waals surface area (Å²) in [4.78, 5) is 4.28. The monoisotopic (exact) mass is 315 g/mol. The van der Waals surface area contributed by atoms with E-state index in [0.29, 0.717) is 25.6 Å². The van der Waals surface area contributed by atoms with E-state index in [-0.39, 0.29) is 16.9 Å². The zero-order valence-corrected chi connectivity index (χ0v) is 13.9. The van der Waals surface area contributed by atoms with E-state index >= 15 is 0 Å². The Morgan fingerprint density at radius 2 is 2.05 bits per heavy atom. The summed E-state index contributed by atoms with van der Waals surface area (Å²) in [6.45, 7) is 9.34. The van der Waals surface area contributed by atoms with E-state index in [9.17, 15) is 8.42 Å². The number of ether oxygens (including phenoxy) is 1. The number of nitrogens with one attached hydrogen (secondary N) is 2. The second kappa shape index (κ2) is 8.31. The molecule has 1 atom stereocenters. The second-order valence-corrected chi connectivity index (χ2v) is 6.75. The summed E-state index contributed by atoms with van der Waals surface area (Å²) in [5.41, 5.74) is 0. The van der Waals surface area contributed by atoms with E-state index in [1.54, 1.807) is 0 Å². The smallest absolute Gasteiger partial charge is 0.241 e. The van der Waals surface area contributed by atoms with Crippen molar-refractivity contribution in [3.63, 3.8) is 0 Å². The fourth-order valence-electron chi connectivity index (χ4n) is 1.73. The van der Waals surface area contributed by atoms with Crippen molar-refractivity contribution in [1.82, 2.24) is 9.71 Å². The highest BCUT2D eigenvalue weighted by Crippen LogP contribution is 2.14. The van der Waals surface area contributed by atoms with Gasteiger partial charge in [-0.05, 0) is 25.8 Å². The molecule has 7 heteroatoms. The zero-order chi connectivity index (χ0) is 15.9. The third-order valence-electron chi connectivity index (χ3n) is 3.01. The number of hydrogen-bond donors (Lipinski definition) is 2. The molecule has 21 heavy (non-hydrogen) atoms. The molecule has 0 aliphatic rings. The van der Waals surface area contributed by atoms with Gasteiger partial charge < -0.3 is 10.1 Å². The SMILES string of the molecule is CCNc1cc(S(=O)(=O)NC(COCC)C(C)C)ccn1. The Morgan fingerprint density at radius 1 is 1.33 bits per heavy atom. The summed E-state index contributed by atoms with van der Waals surface area (Å²) in [6.07, 6.45) is 1.49. The first-order valence-corrected chi connectivity index (χ1v) is 8.69. The maximum atomic E-state index is 12.4. The number of sulfonamides is 1. The van der Waals surface area contributed by atoms with Crippen LogP contribution in [0.2, 0.25) is 0 Å². The van der Waals surface area contributed by atoms with Crippen LogP contribution in [0.5, 0.6) is 0 Å². The van der Waals surface area contributed by atoms with Gasteiger partial charge in [-0.1, -0.05) is 13.8 Å². The molecule has 0 saturated heterocycles. The van der Waals surface area contributed by atoms with Gasteiger partial charge in [0.1, 0.15) is 5.82 Å². The minimum absolute atomic E-state index is 0.140. The topological polar surface area (TPSA) is 80.3 Å². The third kappa shape index (κ3) is 5.61. The predicted octanol–water partition coefficient (Wildman–Crippen LogP) is 1.85. The maximum Gasteiger partial charge on any atom is 0.241 e. The van der Waals surface area contributed by atoms with Crippen LogP contribution in [-0.4, -0.2) is 39.2 Å². The number of aromatic nitrogens is 1. The zero-order valence-electron chi connectivity index (χ0n) is 13.1. The van der Waals surface area contributed by atoms with Gasteiger partial charge in [0, 0.05) is 31.5 Å². The number of hydrogen-bond acceptors (Lipinski definition) is 5. The van der Waals surface area contributed by atoms with Crippen LogP contribution in [0.25, 0.3) is 0 Å². The van der Waals surface area contributed by atoms with Gasteiger partial charge in [0.15, 0.2) is 0 Å². The van der Waals surface area contributed by atoms with E-state index < -0.39 is 10.0 Å². The average Bonchev–Trinajstić information content (AvgIpc) is 2.44. The Hall–Kier alpha value is -1.18. The van der Waals surface area contributed by atoms with Crippen molar-refractivity contribution < 1.29 is 13.2 Å². The predicted molar refractivity (Wildman–Crippen MR) is 83.8 cm³/mol. The summed E-state index contributed by atoms with van der Waals surface area (Å²) in [7, 11) is -3.59. The Balaban J connectivity index is 2.90. The minimum atomic E-state index is -3.59. The van der Waals surface area contributed by atoms with Crippen LogP contribution in [0.1, 0.15) is 27.7 Å². The fraction of sp³-hybridized carbons (Fsp3) is 0.643. The highest BCUT2D eigenvalue weighted by molar-refractivity contribution is 7.89. The highest BCUT2D eigenvalue weighted by atomic mass is 32.2. The van der Waals surface area contributed by atoms with Crippen LogP contribution >= 0.6 is 0 Å². The number of rotatable bonds is 9. The number of nitrogens with zero attached hydrogens (tertiary/aromatic N) is 1. The van der Waals surface area contributed by atoms with Gasteiger partial charge in [0.2, 0.25) is 10.0 Å². The first kappa shape index (κ1) is 17.9. The summed E-state index contributed by atoms with van der Waals surface area (Å²) in [5, 5.41) is 3.00. The third-order valence-corrected chi connectivity index (χ3v) is 4.50. The van der Waals surface area contributed by atoms with Gasteiger partial charge in [-0.3, -0.25) is 0 Å². The summed E-state index contributed by atoms with van der Waals surface area (Å²) in [6, 6.07) is 2.76. The van der Waals surface area contributed by atoms with Gasteiger partial charge >= 0.3 is 0 Å². The number of anilines is 1. The standard InChI is InChI=1S/C14H25N3O3S/c1-5-15-14-9-12(7-8-16-14)21(18,19)17-13(11(3)4)10-20-6-2/h7-9,11,13,17H,5-6,10H2,1-4H3,(H,15,16). The molecule has 0 radical (unpaired) electrons. The molecule has 1 heterocycles. The van der Waals surface area contributed by atoms with Crippen molar-refractivity contribution in [2.45, 2.75) is 38.6 Å². The van der Waals surface area contributed by atoms with Gasteiger partial charge in [0.25, 0.3) is 0 Å². The summed E-state index contributed by atoms with van der Waals surface area (Å²) in [5.74, 6) is 0.688. The van der Waals surface area contributed by atoms with E-state index in [1.807, 2.05) is 27.7 Å². The largest absolute Gasteiger partial charge is 0.380 e. The molecule has 1 unspecified atom stereocenters. The van der Waals surface area contributed by atoms with Crippen molar-refractivity contribution in [1.29, 1.82) is 0 Å². The summed E-state index contributed by atoms with van der Waals surface area (Å²) < 4.78 is 32.9. The molecule has 0 aromatic carbocycles. The van der Waals surface area contributed by atoms with E-state index in [4.69, 9.17) is 4.74 Å². The normalized spacial score (nSPS) is 13.4. The van der Waals surface area contributed by atoms with Gasteiger partial charge in [-0.2, -0.15) is 0 Å². The lowest BCUT2D eigenvalue weighted by molar-refractivity contribution is 0.116. The molecule has 0 bridgehead atoms. The van der Waals surface area contributed by atoms with Crippen molar-refractivity contribution in [3.05, 3.63) is 18.3 Å². The molecule has 0 aliphatic carbocycles. The minimum Gasteiger partial charge on any atom is -0.380 e. The molecule has 2 N–H and O–H groups in total. The van der Waals surface area contributed by atoms with Crippen molar-refractivity contribution in [2.75, 3.05) is 25.1 Å². The Labute approximate surface area is 127 Å². The van der Waals surface area contributed by atoms with E-state index in [0.717, 1.165) is 0 Å².